The van der Waals surface area contributed by atoms with E-state index in [1.165, 1.54) is 0 Å². The molecule has 0 bridgehead atoms. The Hall–Kier alpha value is -0.990. The van der Waals surface area contributed by atoms with Crippen LogP contribution in [-0.4, -0.2) is 0 Å². The van der Waals surface area contributed by atoms with Gasteiger partial charge in [-0.1, -0.05) is 0 Å². The van der Waals surface area contributed by atoms with Gasteiger partial charge in [0.25, 0.3) is 0 Å². The highest BCUT2D eigenvalue weighted by Gasteiger charge is 2.08. The summed E-state index contributed by atoms with van der Waals surface area (Å²) >= 11 is 0. The summed E-state index contributed by atoms with van der Waals surface area (Å²) in [7, 11) is 0. The minimum Gasteiger partial charge on any atom is -0.246 e. The van der Waals surface area contributed by atoms with Crippen molar-refractivity contribution in [1.29, 1.82) is 0 Å². The molecule has 0 N–H and O–H groups in total. The molecule has 0 saturated heterocycles. The Bertz CT molecular complexity index is 245. The van der Waals surface area contributed by atoms with Crippen molar-refractivity contribution in [2.45, 2.75) is 13.6 Å². The number of halogens is 3. The van der Waals surface area contributed by atoms with E-state index in [9.17, 15) is 13.2 Å². The Morgan fingerprint density at radius 2 is 1.64 bits per heavy atom. The molecule has 0 spiro atoms. The van der Waals surface area contributed by atoms with Crippen molar-refractivity contribution in [3.8, 4) is 0 Å². The van der Waals surface area contributed by atoms with Gasteiger partial charge in [0, 0.05) is 0 Å². The van der Waals surface area contributed by atoms with Crippen molar-refractivity contribution in [2.24, 2.45) is 0 Å². The van der Waals surface area contributed by atoms with Crippen LogP contribution in [0.1, 0.15) is 11.1 Å². The second-order valence-electron chi connectivity index (χ2n) is 2.34. The first-order chi connectivity index (χ1) is 5.15. The summed E-state index contributed by atoms with van der Waals surface area (Å²) in [6.07, 6.45) is 0. The Labute approximate surface area is 62.7 Å². The maximum atomic E-state index is 12.6. The van der Waals surface area contributed by atoms with Gasteiger partial charge in [-0.05, 0) is 24.6 Å². The van der Waals surface area contributed by atoms with E-state index in [-0.39, 0.29) is 0 Å². The summed E-state index contributed by atoms with van der Waals surface area (Å²) in [6, 6.07) is 2.22. The molecule has 0 heterocycles. The number of aryl methyl sites for hydroxylation is 1. The van der Waals surface area contributed by atoms with Crippen LogP contribution in [0.25, 0.3) is 0 Å². The zero-order valence-corrected chi connectivity index (χ0v) is 6.00. The van der Waals surface area contributed by atoms with Crippen LogP contribution in [-0.2, 0) is 6.67 Å². The second-order valence-corrected chi connectivity index (χ2v) is 2.34. The molecule has 0 fully saturated rings. The minimum absolute atomic E-state index is 0.456. The van der Waals surface area contributed by atoms with E-state index < -0.39 is 23.9 Å². The van der Waals surface area contributed by atoms with E-state index >= 15 is 0 Å². The monoisotopic (exact) mass is 160 g/mol. The number of rotatable bonds is 1. The number of benzene rings is 1. The molecule has 0 aromatic heterocycles. The van der Waals surface area contributed by atoms with Crippen molar-refractivity contribution in [3.63, 3.8) is 0 Å². The van der Waals surface area contributed by atoms with Crippen LogP contribution >= 0.6 is 0 Å². The number of alkyl halides is 1. The lowest BCUT2D eigenvalue weighted by Crippen LogP contribution is -1.93. The molecule has 1 rings (SSSR count). The summed E-state index contributed by atoms with van der Waals surface area (Å²) in [6.45, 7) is 0.451. The highest BCUT2D eigenvalue weighted by atomic mass is 19.1. The predicted octanol–water partition coefficient (Wildman–Crippen LogP) is 2.74. The summed E-state index contributed by atoms with van der Waals surface area (Å²) in [5.41, 5.74) is -0.0344. The van der Waals surface area contributed by atoms with E-state index in [2.05, 4.69) is 0 Å². The zero-order chi connectivity index (χ0) is 8.43. The summed E-state index contributed by atoms with van der Waals surface area (Å²) < 4.78 is 37.2. The molecule has 0 aliphatic carbocycles. The van der Waals surface area contributed by atoms with Gasteiger partial charge < -0.3 is 0 Å². The van der Waals surface area contributed by atoms with Gasteiger partial charge in [-0.25, -0.2) is 13.2 Å². The molecule has 60 valence electrons. The predicted molar refractivity (Wildman–Crippen MR) is 35.9 cm³/mol. The molecule has 0 aliphatic heterocycles. The van der Waals surface area contributed by atoms with Gasteiger partial charge in [0.15, 0.2) is 0 Å². The second kappa shape index (κ2) is 2.95. The van der Waals surface area contributed by atoms with Crippen molar-refractivity contribution >= 4 is 0 Å². The van der Waals surface area contributed by atoms with Crippen LogP contribution in [0.2, 0.25) is 0 Å². The number of hydrogen-bond donors (Lipinski definition) is 0. The summed E-state index contributed by atoms with van der Waals surface area (Å²) in [4.78, 5) is 0. The Morgan fingerprint density at radius 3 is 2.00 bits per heavy atom. The van der Waals surface area contributed by atoms with Crippen LogP contribution in [0.4, 0.5) is 13.2 Å². The first-order valence-corrected chi connectivity index (χ1v) is 3.15. The Morgan fingerprint density at radius 1 is 1.18 bits per heavy atom. The molecule has 0 aliphatic rings. The van der Waals surface area contributed by atoms with E-state index in [0.717, 1.165) is 12.1 Å². The fourth-order valence-electron chi connectivity index (χ4n) is 0.857. The quantitative estimate of drug-likeness (QED) is 0.592. The van der Waals surface area contributed by atoms with Crippen molar-refractivity contribution in [3.05, 3.63) is 34.9 Å². The van der Waals surface area contributed by atoms with E-state index in [0.29, 0.717) is 5.56 Å². The van der Waals surface area contributed by atoms with E-state index in [1.54, 1.807) is 6.92 Å². The minimum atomic E-state index is -1.10. The zero-order valence-electron chi connectivity index (χ0n) is 6.00. The van der Waals surface area contributed by atoms with Crippen LogP contribution in [0, 0.1) is 18.6 Å². The van der Waals surface area contributed by atoms with Gasteiger partial charge in [0.2, 0.25) is 0 Å². The first kappa shape index (κ1) is 8.11. The third kappa shape index (κ3) is 1.53. The first-order valence-electron chi connectivity index (χ1n) is 3.15. The van der Waals surface area contributed by atoms with Crippen LogP contribution in [0.5, 0.6) is 0 Å². The maximum absolute atomic E-state index is 12.6. The highest BCUT2D eigenvalue weighted by molar-refractivity contribution is 5.24. The molecule has 11 heavy (non-hydrogen) atoms. The van der Waals surface area contributed by atoms with Gasteiger partial charge in [-0.15, -0.1) is 0 Å². The average molecular weight is 160 g/mol. The lowest BCUT2D eigenvalue weighted by molar-refractivity contribution is 0.439. The molecule has 3 heteroatoms. The molecule has 1 aromatic rings. The lowest BCUT2D eigenvalue weighted by atomic mass is 10.1. The highest BCUT2D eigenvalue weighted by Crippen LogP contribution is 2.15. The van der Waals surface area contributed by atoms with Crippen molar-refractivity contribution < 1.29 is 13.2 Å². The fourth-order valence-corrected chi connectivity index (χ4v) is 0.857. The van der Waals surface area contributed by atoms with E-state index in [1.807, 2.05) is 0 Å². The molecule has 0 unspecified atom stereocenters. The fraction of sp³-hybridized carbons (Fsp3) is 0.250. The van der Waals surface area contributed by atoms with E-state index in [4.69, 9.17) is 0 Å². The molecule has 0 radical (unpaired) electrons. The van der Waals surface area contributed by atoms with Crippen LogP contribution < -0.4 is 0 Å². The van der Waals surface area contributed by atoms with Crippen LogP contribution in [0.3, 0.4) is 0 Å². The maximum Gasteiger partial charge on any atom is 0.132 e. The molecular formula is C8H7F3. The normalized spacial score (nSPS) is 10.2. The molecule has 0 nitrogen and oxygen atoms in total. The van der Waals surface area contributed by atoms with Crippen molar-refractivity contribution in [1.82, 2.24) is 0 Å². The molecule has 0 amide bonds. The molecular weight excluding hydrogens is 153 g/mol. The van der Waals surface area contributed by atoms with Crippen molar-refractivity contribution in [2.75, 3.05) is 0 Å². The topological polar surface area (TPSA) is 0 Å². The Kier molecular flexibility index (Phi) is 2.17. The average Bonchev–Trinajstić information content (AvgIpc) is 1.85. The lowest BCUT2D eigenvalue weighted by Gasteiger charge is -2.00. The van der Waals surface area contributed by atoms with Gasteiger partial charge in [-0.3, -0.25) is 0 Å². The molecule has 0 saturated carbocycles. The SMILES string of the molecule is Cc1cc(F)c(CF)c(F)c1. The standard InChI is InChI=1S/C8H7F3/c1-5-2-7(10)6(4-9)8(11)3-5/h2-3H,4H2,1H3. The van der Waals surface area contributed by atoms with Crippen LogP contribution in [0.15, 0.2) is 12.1 Å². The molecule has 0 atom stereocenters. The third-order valence-electron chi connectivity index (χ3n) is 1.42. The van der Waals surface area contributed by atoms with Gasteiger partial charge in [0.05, 0.1) is 5.56 Å². The van der Waals surface area contributed by atoms with Gasteiger partial charge in [0.1, 0.15) is 18.3 Å². The largest absolute Gasteiger partial charge is 0.246 e. The van der Waals surface area contributed by atoms with Gasteiger partial charge in [-0.2, -0.15) is 0 Å². The van der Waals surface area contributed by atoms with Gasteiger partial charge >= 0.3 is 0 Å². The summed E-state index contributed by atoms with van der Waals surface area (Å²) in [5.74, 6) is -1.63. The number of hydrogen-bond acceptors (Lipinski definition) is 0. The Balaban J connectivity index is 3.25. The summed E-state index contributed by atoms with van der Waals surface area (Å²) in [5, 5.41) is 0. The molecule has 1 aromatic carbocycles. The third-order valence-corrected chi connectivity index (χ3v) is 1.42. The smallest absolute Gasteiger partial charge is 0.132 e.